The Bertz CT molecular complexity index is 964. The second kappa shape index (κ2) is 7.25. The molecule has 0 saturated carbocycles. The van der Waals surface area contributed by atoms with Gasteiger partial charge in [-0.1, -0.05) is 29.8 Å². The van der Waals surface area contributed by atoms with Gasteiger partial charge in [-0.15, -0.1) is 11.3 Å². The molecule has 0 amide bonds. The number of nitrogens with one attached hydrogen (secondary N) is 2. The van der Waals surface area contributed by atoms with Gasteiger partial charge in [-0.25, -0.2) is 13.4 Å². The molecule has 2 aromatic heterocycles. The fraction of sp³-hybridized carbons (Fsp3) is 0.167. The molecule has 25 heavy (non-hydrogen) atoms. The van der Waals surface area contributed by atoms with Crippen LogP contribution in [0.4, 0.5) is 11.5 Å². The van der Waals surface area contributed by atoms with Crippen LogP contribution in [0.3, 0.4) is 0 Å². The van der Waals surface area contributed by atoms with Gasteiger partial charge in [-0.2, -0.15) is 0 Å². The summed E-state index contributed by atoms with van der Waals surface area (Å²) in [5.74, 6) is 0.298. The minimum absolute atomic E-state index is 0.286. The highest BCUT2D eigenvalue weighted by Crippen LogP contribution is 2.23. The lowest BCUT2D eigenvalue weighted by molar-refractivity contribution is 0.603. The third kappa shape index (κ3) is 4.58. The number of sulfonamides is 1. The van der Waals surface area contributed by atoms with E-state index < -0.39 is 10.0 Å². The Morgan fingerprint density at radius 3 is 2.56 bits per heavy atom. The molecular weight excluding hydrogens is 354 g/mol. The second-order valence-corrected chi connectivity index (χ2v) is 8.94. The summed E-state index contributed by atoms with van der Waals surface area (Å²) in [7, 11) is -3.58. The Hall–Kier alpha value is -2.38. The monoisotopic (exact) mass is 373 g/mol. The molecule has 0 fully saturated rings. The Kier molecular flexibility index (Phi) is 5.06. The summed E-state index contributed by atoms with van der Waals surface area (Å²) in [6.45, 7) is 4.61. The van der Waals surface area contributed by atoms with E-state index in [0.717, 1.165) is 10.6 Å². The maximum absolute atomic E-state index is 12.3. The molecule has 0 unspecified atom stereocenters. The first-order valence-corrected chi connectivity index (χ1v) is 10.1. The predicted octanol–water partition coefficient (Wildman–Crippen LogP) is 4.17. The summed E-state index contributed by atoms with van der Waals surface area (Å²) in [5.41, 5.74) is 3.22. The van der Waals surface area contributed by atoms with E-state index in [1.807, 2.05) is 13.0 Å². The Morgan fingerprint density at radius 1 is 1.08 bits per heavy atom. The number of rotatable bonds is 6. The van der Waals surface area contributed by atoms with E-state index in [4.69, 9.17) is 0 Å². The number of pyridine rings is 1. The van der Waals surface area contributed by atoms with E-state index in [1.54, 1.807) is 30.5 Å². The highest BCUT2D eigenvalue weighted by molar-refractivity contribution is 7.94. The summed E-state index contributed by atoms with van der Waals surface area (Å²) in [6.07, 6.45) is 1.62. The number of thiophene rings is 1. The van der Waals surface area contributed by atoms with Gasteiger partial charge in [0.25, 0.3) is 10.0 Å². The van der Waals surface area contributed by atoms with Crippen LogP contribution in [0.5, 0.6) is 0 Å². The molecule has 0 aliphatic rings. The van der Waals surface area contributed by atoms with Crippen LogP contribution in [0.2, 0.25) is 0 Å². The van der Waals surface area contributed by atoms with E-state index in [0.29, 0.717) is 12.4 Å². The van der Waals surface area contributed by atoms with Crippen LogP contribution < -0.4 is 10.0 Å². The molecule has 2 N–H and O–H groups in total. The fourth-order valence-electron chi connectivity index (χ4n) is 2.33. The molecule has 0 spiro atoms. The molecule has 130 valence electrons. The SMILES string of the molecule is Cc1cccc(CNc2ccc(NS(=O)(=O)c3ccc(C)s3)nc2)c1. The number of benzene rings is 1. The third-order valence-electron chi connectivity index (χ3n) is 3.56. The smallest absolute Gasteiger partial charge is 0.272 e. The predicted molar refractivity (Wildman–Crippen MR) is 103 cm³/mol. The molecule has 0 atom stereocenters. The third-order valence-corrected chi connectivity index (χ3v) is 6.41. The number of aromatic nitrogens is 1. The highest BCUT2D eigenvalue weighted by Gasteiger charge is 2.16. The van der Waals surface area contributed by atoms with Crippen LogP contribution in [0.15, 0.2) is 58.9 Å². The Morgan fingerprint density at radius 2 is 1.92 bits per heavy atom. The van der Waals surface area contributed by atoms with Crippen LogP contribution in [-0.2, 0) is 16.6 Å². The minimum atomic E-state index is -3.58. The number of hydrogen-bond acceptors (Lipinski definition) is 5. The number of nitrogens with zero attached hydrogens (tertiary/aromatic N) is 1. The molecule has 2 heterocycles. The summed E-state index contributed by atoms with van der Waals surface area (Å²) >= 11 is 1.23. The van der Waals surface area contributed by atoms with Crippen LogP contribution in [0, 0.1) is 13.8 Å². The van der Waals surface area contributed by atoms with Crippen molar-refractivity contribution in [2.24, 2.45) is 0 Å². The number of anilines is 2. The average molecular weight is 374 g/mol. The Labute approximate surface area is 151 Å². The molecule has 0 saturated heterocycles. The lowest BCUT2D eigenvalue weighted by atomic mass is 10.1. The van der Waals surface area contributed by atoms with E-state index in [9.17, 15) is 8.42 Å². The summed E-state index contributed by atoms with van der Waals surface area (Å²) in [6, 6.07) is 15.1. The maximum atomic E-state index is 12.3. The number of hydrogen-bond donors (Lipinski definition) is 2. The quantitative estimate of drug-likeness (QED) is 0.680. The Balaban J connectivity index is 1.64. The highest BCUT2D eigenvalue weighted by atomic mass is 32.2. The molecular formula is C18H19N3O2S2. The molecule has 0 aliphatic heterocycles. The zero-order chi connectivity index (χ0) is 17.9. The van der Waals surface area contributed by atoms with Crippen molar-refractivity contribution in [3.05, 3.63) is 70.7 Å². The zero-order valence-corrected chi connectivity index (χ0v) is 15.6. The van der Waals surface area contributed by atoms with E-state index >= 15 is 0 Å². The van der Waals surface area contributed by atoms with Gasteiger partial charge in [0.15, 0.2) is 0 Å². The first kappa shape index (κ1) is 17.4. The summed E-state index contributed by atoms with van der Waals surface area (Å²) in [4.78, 5) is 5.13. The summed E-state index contributed by atoms with van der Waals surface area (Å²) < 4.78 is 27.4. The second-order valence-electron chi connectivity index (χ2n) is 5.75. The van der Waals surface area contributed by atoms with Crippen LogP contribution >= 0.6 is 11.3 Å². The largest absolute Gasteiger partial charge is 0.380 e. The molecule has 7 heteroatoms. The van der Waals surface area contributed by atoms with Gasteiger partial charge in [0.2, 0.25) is 0 Å². The van der Waals surface area contributed by atoms with E-state index in [1.165, 1.54) is 22.5 Å². The lowest BCUT2D eigenvalue weighted by Gasteiger charge is -2.09. The number of aryl methyl sites for hydroxylation is 2. The van der Waals surface area contributed by atoms with Crippen LogP contribution in [-0.4, -0.2) is 13.4 Å². The molecule has 3 aromatic rings. The van der Waals surface area contributed by atoms with Gasteiger partial charge < -0.3 is 5.32 Å². The first-order valence-electron chi connectivity index (χ1n) is 7.77. The molecule has 0 aliphatic carbocycles. The van der Waals surface area contributed by atoms with Crippen molar-refractivity contribution in [1.82, 2.24) is 4.98 Å². The van der Waals surface area contributed by atoms with Gasteiger partial charge in [-0.3, -0.25) is 4.72 Å². The van der Waals surface area contributed by atoms with Crippen molar-refractivity contribution >= 4 is 32.9 Å². The zero-order valence-electron chi connectivity index (χ0n) is 14.0. The van der Waals surface area contributed by atoms with Crippen molar-refractivity contribution in [2.45, 2.75) is 24.6 Å². The van der Waals surface area contributed by atoms with Crippen LogP contribution in [0.1, 0.15) is 16.0 Å². The molecule has 5 nitrogen and oxygen atoms in total. The van der Waals surface area contributed by atoms with Crippen molar-refractivity contribution < 1.29 is 8.42 Å². The van der Waals surface area contributed by atoms with Crippen molar-refractivity contribution in [3.63, 3.8) is 0 Å². The maximum Gasteiger partial charge on any atom is 0.272 e. The normalized spacial score (nSPS) is 11.3. The van der Waals surface area contributed by atoms with Gasteiger partial charge in [0.05, 0.1) is 11.9 Å². The van der Waals surface area contributed by atoms with Gasteiger partial charge in [0.1, 0.15) is 10.0 Å². The molecule has 1 aromatic carbocycles. The summed E-state index contributed by atoms with van der Waals surface area (Å²) in [5, 5.41) is 3.28. The topological polar surface area (TPSA) is 71.1 Å². The molecule has 0 radical (unpaired) electrons. The van der Waals surface area contributed by atoms with Gasteiger partial charge >= 0.3 is 0 Å². The fourth-order valence-corrected chi connectivity index (χ4v) is 4.62. The average Bonchev–Trinajstić information content (AvgIpc) is 3.02. The van der Waals surface area contributed by atoms with Gasteiger partial charge in [0, 0.05) is 11.4 Å². The standard InChI is InChI=1S/C18H19N3O2S2/c1-13-4-3-5-15(10-13)11-19-16-7-8-17(20-12-16)21-25(22,23)18-9-6-14(2)24-18/h3-10,12,19H,11H2,1-2H3,(H,20,21). The van der Waals surface area contributed by atoms with Crippen molar-refractivity contribution in [2.75, 3.05) is 10.0 Å². The van der Waals surface area contributed by atoms with Crippen molar-refractivity contribution in [3.8, 4) is 0 Å². The minimum Gasteiger partial charge on any atom is -0.380 e. The molecule has 3 rings (SSSR count). The van der Waals surface area contributed by atoms with E-state index in [-0.39, 0.29) is 4.21 Å². The van der Waals surface area contributed by atoms with E-state index in [2.05, 4.69) is 40.1 Å². The van der Waals surface area contributed by atoms with Gasteiger partial charge in [-0.05, 0) is 43.7 Å². The van der Waals surface area contributed by atoms with Crippen molar-refractivity contribution in [1.29, 1.82) is 0 Å². The molecule has 0 bridgehead atoms. The first-order chi connectivity index (χ1) is 11.9. The lowest BCUT2D eigenvalue weighted by Crippen LogP contribution is -2.12. The van der Waals surface area contributed by atoms with Crippen LogP contribution in [0.25, 0.3) is 0 Å².